The third kappa shape index (κ3) is 4.25. The number of aromatic nitrogens is 4. The summed E-state index contributed by atoms with van der Waals surface area (Å²) in [6, 6.07) is 11.5. The lowest BCUT2D eigenvalue weighted by molar-refractivity contribution is -0.120. The van der Waals surface area contributed by atoms with Crippen molar-refractivity contribution in [3.63, 3.8) is 0 Å². The molecular weight excluding hydrogens is 340 g/mol. The van der Waals surface area contributed by atoms with Crippen molar-refractivity contribution in [3.05, 3.63) is 61.2 Å². The van der Waals surface area contributed by atoms with Crippen LogP contribution in [0.2, 0.25) is 0 Å². The van der Waals surface area contributed by atoms with Gasteiger partial charge in [0.15, 0.2) is 0 Å². The first kappa shape index (κ1) is 17.5. The molecule has 1 atom stereocenters. The second-order valence-electron chi connectivity index (χ2n) is 6.80. The molecule has 0 spiro atoms. The Morgan fingerprint density at radius 3 is 2.63 bits per heavy atom. The van der Waals surface area contributed by atoms with E-state index in [1.807, 2.05) is 53.5 Å². The molecule has 7 heteroatoms. The van der Waals surface area contributed by atoms with E-state index in [-0.39, 0.29) is 11.9 Å². The van der Waals surface area contributed by atoms with Gasteiger partial charge in [0, 0.05) is 43.6 Å². The largest absolute Gasteiger partial charge is 0.325 e. The second kappa shape index (κ2) is 8.18. The van der Waals surface area contributed by atoms with Crippen molar-refractivity contribution < 1.29 is 4.79 Å². The summed E-state index contributed by atoms with van der Waals surface area (Å²) < 4.78 is 3.73. The van der Waals surface area contributed by atoms with Crippen molar-refractivity contribution in [3.8, 4) is 5.69 Å². The van der Waals surface area contributed by atoms with Crippen LogP contribution < -0.4 is 5.32 Å². The van der Waals surface area contributed by atoms with Gasteiger partial charge in [-0.2, -0.15) is 10.2 Å². The Morgan fingerprint density at radius 1 is 1.07 bits per heavy atom. The molecule has 0 aliphatic carbocycles. The first-order valence-electron chi connectivity index (χ1n) is 9.42. The molecule has 1 amide bonds. The van der Waals surface area contributed by atoms with Gasteiger partial charge in [-0.1, -0.05) is 0 Å². The summed E-state index contributed by atoms with van der Waals surface area (Å²) in [5.41, 5.74) is 1.79. The lowest BCUT2D eigenvalue weighted by Gasteiger charge is -2.23. The third-order valence-electron chi connectivity index (χ3n) is 4.96. The van der Waals surface area contributed by atoms with E-state index in [9.17, 15) is 4.79 Å². The molecule has 7 nitrogen and oxygen atoms in total. The topological polar surface area (TPSA) is 68.0 Å². The van der Waals surface area contributed by atoms with Gasteiger partial charge in [-0.3, -0.25) is 14.4 Å². The average Bonchev–Trinajstić information content (AvgIpc) is 3.45. The molecule has 1 aliphatic rings. The second-order valence-corrected chi connectivity index (χ2v) is 6.80. The highest BCUT2D eigenvalue weighted by Gasteiger charge is 2.30. The van der Waals surface area contributed by atoms with Crippen LogP contribution in [0.1, 0.15) is 19.3 Å². The smallest absolute Gasteiger partial charge is 0.241 e. The van der Waals surface area contributed by atoms with Crippen LogP contribution in [0, 0.1) is 0 Å². The molecule has 1 aromatic carbocycles. The highest BCUT2D eigenvalue weighted by Crippen LogP contribution is 2.20. The first-order chi connectivity index (χ1) is 13.3. The Bertz CT molecular complexity index is 841. The number of nitrogens with one attached hydrogen (secondary N) is 1. The number of likely N-dealkylation sites (tertiary alicyclic amines) is 1. The van der Waals surface area contributed by atoms with E-state index in [4.69, 9.17) is 0 Å². The minimum Gasteiger partial charge on any atom is -0.325 e. The summed E-state index contributed by atoms with van der Waals surface area (Å²) in [6.45, 7) is 2.78. The Balaban J connectivity index is 1.31. The van der Waals surface area contributed by atoms with E-state index in [1.165, 1.54) is 0 Å². The SMILES string of the molecule is O=C(Nc1ccc(-n2cccn2)cc1)C1CCCN1CCCn1cccn1. The van der Waals surface area contributed by atoms with E-state index < -0.39 is 0 Å². The fourth-order valence-electron chi connectivity index (χ4n) is 3.60. The Hall–Kier alpha value is -2.93. The fraction of sp³-hybridized carbons (Fsp3) is 0.350. The van der Waals surface area contributed by atoms with E-state index in [1.54, 1.807) is 17.1 Å². The van der Waals surface area contributed by atoms with Crippen molar-refractivity contribution in [2.45, 2.75) is 31.8 Å². The van der Waals surface area contributed by atoms with Gasteiger partial charge in [-0.05, 0) is 62.2 Å². The molecule has 3 heterocycles. The number of amides is 1. The summed E-state index contributed by atoms with van der Waals surface area (Å²) in [5, 5.41) is 11.5. The molecule has 1 N–H and O–H groups in total. The zero-order valence-corrected chi connectivity index (χ0v) is 15.2. The lowest BCUT2D eigenvalue weighted by Crippen LogP contribution is -2.40. The van der Waals surface area contributed by atoms with Gasteiger partial charge in [0.2, 0.25) is 5.91 Å². The molecule has 27 heavy (non-hydrogen) atoms. The molecule has 0 saturated carbocycles. The number of aryl methyl sites for hydroxylation is 1. The van der Waals surface area contributed by atoms with Crippen LogP contribution in [0.25, 0.3) is 5.69 Å². The van der Waals surface area contributed by atoms with Gasteiger partial charge < -0.3 is 5.32 Å². The predicted octanol–water partition coefficient (Wildman–Crippen LogP) is 2.56. The quantitative estimate of drug-likeness (QED) is 0.700. The number of carbonyl (C=O) groups is 1. The molecule has 1 aliphatic heterocycles. The molecule has 4 rings (SSSR count). The van der Waals surface area contributed by atoms with Crippen molar-refractivity contribution in [1.29, 1.82) is 0 Å². The molecule has 1 unspecified atom stereocenters. The predicted molar refractivity (Wildman–Crippen MR) is 104 cm³/mol. The summed E-state index contributed by atoms with van der Waals surface area (Å²) in [4.78, 5) is 15.0. The van der Waals surface area contributed by atoms with Crippen LogP contribution >= 0.6 is 0 Å². The zero-order valence-electron chi connectivity index (χ0n) is 15.2. The maximum Gasteiger partial charge on any atom is 0.241 e. The van der Waals surface area contributed by atoms with Crippen LogP contribution in [-0.2, 0) is 11.3 Å². The van der Waals surface area contributed by atoms with Crippen molar-refractivity contribution in [1.82, 2.24) is 24.5 Å². The standard InChI is InChI=1S/C20H24N6O/c27-20(23-17-6-8-18(9-7-17)26-16-3-11-22-26)19-5-1-12-24(19)13-4-15-25-14-2-10-21-25/h2-3,6-11,14,16,19H,1,4-5,12-13,15H2,(H,23,27). The van der Waals surface area contributed by atoms with Gasteiger partial charge >= 0.3 is 0 Å². The van der Waals surface area contributed by atoms with Crippen LogP contribution in [0.15, 0.2) is 61.2 Å². The number of nitrogens with zero attached hydrogens (tertiary/aromatic N) is 5. The number of hydrogen-bond donors (Lipinski definition) is 1. The summed E-state index contributed by atoms with van der Waals surface area (Å²) >= 11 is 0. The minimum absolute atomic E-state index is 0.0478. The fourth-order valence-corrected chi connectivity index (χ4v) is 3.60. The van der Waals surface area contributed by atoms with Gasteiger partial charge in [-0.15, -0.1) is 0 Å². The summed E-state index contributed by atoms with van der Waals surface area (Å²) in [6.07, 6.45) is 10.4. The molecule has 140 valence electrons. The van der Waals surface area contributed by atoms with Crippen LogP contribution in [-0.4, -0.2) is 49.5 Å². The van der Waals surface area contributed by atoms with Gasteiger partial charge in [0.25, 0.3) is 0 Å². The Kier molecular flexibility index (Phi) is 5.29. The average molecular weight is 364 g/mol. The highest BCUT2D eigenvalue weighted by atomic mass is 16.2. The number of carbonyl (C=O) groups excluding carboxylic acids is 1. The van der Waals surface area contributed by atoms with Gasteiger partial charge in [0.05, 0.1) is 11.7 Å². The summed E-state index contributed by atoms with van der Waals surface area (Å²) in [7, 11) is 0. The molecular formula is C20H24N6O. The molecule has 0 bridgehead atoms. The van der Waals surface area contributed by atoms with Crippen LogP contribution in [0.5, 0.6) is 0 Å². The van der Waals surface area contributed by atoms with Gasteiger partial charge in [-0.25, -0.2) is 4.68 Å². The number of benzene rings is 1. The molecule has 3 aromatic rings. The Labute approximate surface area is 158 Å². The first-order valence-corrected chi connectivity index (χ1v) is 9.42. The molecule has 2 aromatic heterocycles. The van der Waals surface area contributed by atoms with Gasteiger partial charge in [0.1, 0.15) is 0 Å². The lowest BCUT2D eigenvalue weighted by atomic mass is 10.2. The number of anilines is 1. The number of hydrogen-bond acceptors (Lipinski definition) is 4. The van der Waals surface area contributed by atoms with Crippen LogP contribution in [0.4, 0.5) is 5.69 Å². The van der Waals surface area contributed by atoms with E-state index in [0.29, 0.717) is 0 Å². The highest BCUT2D eigenvalue weighted by molar-refractivity contribution is 5.95. The number of rotatable bonds is 7. The van der Waals surface area contributed by atoms with Crippen molar-refractivity contribution in [2.24, 2.45) is 0 Å². The van der Waals surface area contributed by atoms with E-state index in [0.717, 1.165) is 50.3 Å². The zero-order chi connectivity index (χ0) is 18.5. The maximum atomic E-state index is 12.7. The maximum absolute atomic E-state index is 12.7. The van der Waals surface area contributed by atoms with Crippen LogP contribution in [0.3, 0.4) is 0 Å². The molecule has 0 radical (unpaired) electrons. The third-order valence-corrected chi connectivity index (χ3v) is 4.96. The Morgan fingerprint density at radius 2 is 1.89 bits per heavy atom. The van der Waals surface area contributed by atoms with E-state index in [2.05, 4.69) is 20.4 Å². The normalized spacial score (nSPS) is 17.3. The monoisotopic (exact) mass is 364 g/mol. The molecule has 1 saturated heterocycles. The molecule has 1 fully saturated rings. The summed E-state index contributed by atoms with van der Waals surface area (Å²) in [5.74, 6) is 0.0819. The van der Waals surface area contributed by atoms with Crippen molar-refractivity contribution in [2.75, 3.05) is 18.4 Å². The minimum atomic E-state index is -0.0478. The van der Waals surface area contributed by atoms with Crippen molar-refractivity contribution >= 4 is 11.6 Å². The van der Waals surface area contributed by atoms with E-state index >= 15 is 0 Å².